The van der Waals surface area contributed by atoms with Crippen molar-refractivity contribution in [1.82, 2.24) is 10.3 Å². The van der Waals surface area contributed by atoms with Gasteiger partial charge >= 0.3 is 0 Å². The van der Waals surface area contributed by atoms with E-state index >= 15 is 0 Å². The summed E-state index contributed by atoms with van der Waals surface area (Å²) >= 11 is 5.70. The molecule has 0 aliphatic carbocycles. The highest BCUT2D eigenvalue weighted by molar-refractivity contribution is 6.30. The monoisotopic (exact) mass is 220 g/mol. The van der Waals surface area contributed by atoms with Crippen LogP contribution in [-0.2, 0) is 0 Å². The van der Waals surface area contributed by atoms with Crippen LogP contribution in [0.1, 0.15) is 11.1 Å². The van der Waals surface area contributed by atoms with Crippen molar-refractivity contribution < 1.29 is 0 Å². The Morgan fingerprint density at radius 1 is 1.73 bits per heavy atom. The lowest BCUT2D eigenvalue weighted by Gasteiger charge is -2.02. The van der Waals surface area contributed by atoms with E-state index in [0.717, 1.165) is 0 Å². The number of allylic oxidation sites excluding steroid dienone is 1. The van der Waals surface area contributed by atoms with Crippen LogP contribution in [0, 0.1) is 16.7 Å². The molecule has 1 heterocycles. The zero-order valence-corrected chi connectivity index (χ0v) is 8.84. The molecule has 76 valence electrons. The maximum absolute atomic E-state index is 8.76. The highest BCUT2D eigenvalue weighted by Gasteiger charge is 2.04. The summed E-state index contributed by atoms with van der Waals surface area (Å²) in [4.78, 5) is 3.87. The van der Waals surface area contributed by atoms with Crippen molar-refractivity contribution in [2.45, 2.75) is 0 Å². The average Bonchev–Trinajstić information content (AvgIpc) is 2.27. The Labute approximate surface area is 92.7 Å². The highest BCUT2D eigenvalue weighted by atomic mass is 35.5. The largest absolute Gasteiger partial charge is 0.393 e. The van der Waals surface area contributed by atoms with E-state index in [0.29, 0.717) is 16.7 Å². The summed E-state index contributed by atoms with van der Waals surface area (Å²) < 4.78 is 0. The van der Waals surface area contributed by atoms with Gasteiger partial charge in [0.05, 0.1) is 5.56 Å². The predicted octanol–water partition coefficient (Wildman–Crippen LogP) is 1.82. The van der Waals surface area contributed by atoms with Crippen molar-refractivity contribution in [2.24, 2.45) is 0 Å². The van der Waals surface area contributed by atoms with E-state index in [1.165, 1.54) is 12.4 Å². The molecule has 5 heteroatoms. The van der Waals surface area contributed by atoms with E-state index in [1.807, 2.05) is 6.07 Å². The second-order valence-electron chi connectivity index (χ2n) is 2.71. The number of nitriles is 1. The predicted molar refractivity (Wildman–Crippen MR) is 59.8 cm³/mol. The zero-order chi connectivity index (χ0) is 11.3. The molecule has 4 nitrogen and oxygen atoms in total. The fraction of sp³-hybridized carbons (Fsp3) is 0.100. The molecule has 0 saturated carbocycles. The Hall–Kier alpha value is -1.86. The molecule has 0 saturated heterocycles. The van der Waals surface area contributed by atoms with Crippen molar-refractivity contribution in [3.05, 3.63) is 34.7 Å². The molecule has 0 amide bonds. The lowest BCUT2D eigenvalue weighted by Crippen LogP contribution is -1.98. The van der Waals surface area contributed by atoms with Crippen LogP contribution in [0.5, 0.6) is 0 Å². The van der Waals surface area contributed by atoms with Crippen LogP contribution in [0.4, 0.5) is 0 Å². The Kier molecular flexibility index (Phi) is 3.83. The third-order valence-electron chi connectivity index (χ3n) is 1.75. The highest BCUT2D eigenvalue weighted by Crippen LogP contribution is 2.17. The molecule has 0 unspecified atom stereocenters. The topological polar surface area (TPSA) is 72.6 Å². The Morgan fingerprint density at radius 2 is 2.47 bits per heavy atom. The van der Waals surface area contributed by atoms with Gasteiger partial charge in [-0.15, -0.1) is 0 Å². The summed E-state index contributed by atoms with van der Waals surface area (Å²) in [5.74, 6) is 0. The Bertz CT molecular complexity index is 445. The minimum atomic E-state index is 0.176. The van der Waals surface area contributed by atoms with Gasteiger partial charge in [0.1, 0.15) is 11.2 Å². The summed E-state index contributed by atoms with van der Waals surface area (Å²) in [6.45, 7) is 0. The van der Waals surface area contributed by atoms with Crippen LogP contribution in [0.15, 0.2) is 18.5 Å². The van der Waals surface area contributed by atoms with Crippen molar-refractivity contribution in [1.29, 1.82) is 10.7 Å². The fourth-order valence-corrected chi connectivity index (χ4v) is 1.19. The molecule has 15 heavy (non-hydrogen) atoms. The van der Waals surface area contributed by atoms with Gasteiger partial charge < -0.3 is 10.7 Å². The molecular weight excluding hydrogens is 212 g/mol. The summed E-state index contributed by atoms with van der Waals surface area (Å²) in [6, 6.07) is 3.54. The number of rotatable bonds is 3. The van der Waals surface area contributed by atoms with Gasteiger partial charge in [-0.1, -0.05) is 11.6 Å². The van der Waals surface area contributed by atoms with Crippen molar-refractivity contribution in [3.8, 4) is 6.07 Å². The zero-order valence-electron chi connectivity index (χ0n) is 8.08. The van der Waals surface area contributed by atoms with Crippen LogP contribution < -0.4 is 5.32 Å². The maximum atomic E-state index is 8.76. The first-order valence-electron chi connectivity index (χ1n) is 4.17. The standard InChI is InChI=1S/C10H9ClN4/c1-14-5-9(4-13)8-2-7(3-12)10(11)15-6-8/h2,4-6,13-14H,1H3/b9-5+,13-4?. The second-order valence-corrected chi connectivity index (χ2v) is 3.06. The van der Waals surface area contributed by atoms with Crippen molar-refractivity contribution >= 4 is 23.4 Å². The number of halogens is 1. The molecular formula is C10H9ClN4. The van der Waals surface area contributed by atoms with E-state index in [-0.39, 0.29) is 5.15 Å². The van der Waals surface area contributed by atoms with E-state index in [2.05, 4.69) is 10.3 Å². The van der Waals surface area contributed by atoms with E-state index in [9.17, 15) is 0 Å². The number of nitrogens with zero attached hydrogens (tertiary/aromatic N) is 2. The first-order chi connectivity index (χ1) is 7.22. The van der Waals surface area contributed by atoms with Gasteiger partial charge in [0.15, 0.2) is 0 Å². The summed E-state index contributed by atoms with van der Waals surface area (Å²) in [6.07, 6.45) is 4.36. The minimum absolute atomic E-state index is 0.176. The second kappa shape index (κ2) is 5.13. The third-order valence-corrected chi connectivity index (χ3v) is 2.05. The van der Waals surface area contributed by atoms with Crippen LogP contribution >= 0.6 is 11.6 Å². The quantitative estimate of drug-likeness (QED) is 0.603. The third kappa shape index (κ3) is 2.55. The molecule has 0 spiro atoms. The lowest BCUT2D eigenvalue weighted by atomic mass is 10.1. The van der Waals surface area contributed by atoms with Gasteiger partial charge in [0, 0.05) is 36.8 Å². The lowest BCUT2D eigenvalue weighted by molar-refractivity contribution is 1.11. The summed E-state index contributed by atoms with van der Waals surface area (Å²) in [5, 5.41) is 19.0. The minimum Gasteiger partial charge on any atom is -0.393 e. The van der Waals surface area contributed by atoms with Gasteiger partial charge in [0.2, 0.25) is 0 Å². The SMILES string of the molecule is CN/C=C(\C=N)c1cnc(Cl)c(C#N)c1. The van der Waals surface area contributed by atoms with Gasteiger partial charge in [-0.2, -0.15) is 5.26 Å². The molecule has 0 atom stereocenters. The first-order valence-corrected chi connectivity index (χ1v) is 4.54. The molecule has 1 rings (SSSR count). The fourth-order valence-electron chi connectivity index (χ4n) is 1.05. The van der Waals surface area contributed by atoms with Gasteiger partial charge in [-0.25, -0.2) is 4.98 Å². The van der Waals surface area contributed by atoms with Crippen LogP contribution in [0.2, 0.25) is 5.15 Å². The number of hydrogen-bond acceptors (Lipinski definition) is 4. The smallest absolute Gasteiger partial charge is 0.146 e. The van der Waals surface area contributed by atoms with Crippen LogP contribution in [0.3, 0.4) is 0 Å². The molecule has 2 N–H and O–H groups in total. The van der Waals surface area contributed by atoms with Crippen molar-refractivity contribution in [3.63, 3.8) is 0 Å². The molecule has 1 aromatic rings. The first kappa shape index (κ1) is 11.2. The average molecular weight is 221 g/mol. The summed E-state index contributed by atoms with van der Waals surface area (Å²) in [7, 11) is 1.73. The van der Waals surface area contributed by atoms with E-state index in [4.69, 9.17) is 22.3 Å². The maximum Gasteiger partial charge on any atom is 0.146 e. The Balaban J connectivity index is 3.22. The van der Waals surface area contributed by atoms with E-state index in [1.54, 1.807) is 19.3 Å². The van der Waals surface area contributed by atoms with Crippen LogP contribution in [0.25, 0.3) is 5.57 Å². The molecule has 0 bridgehead atoms. The normalized spacial score (nSPS) is 10.6. The number of nitrogens with one attached hydrogen (secondary N) is 2. The molecule has 1 aromatic heterocycles. The van der Waals surface area contributed by atoms with Gasteiger partial charge in [0.25, 0.3) is 0 Å². The number of aromatic nitrogens is 1. The van der Waals surface area contributed by atoms with Crippen molar-refractivity contribution in [2.75, 3.05) is 7.05 Å². The molecule has 0 fully saturated rings. The van der Waals surface area contributed by atoms with E-state index < -0.39 is 0 Å². The molecule has 0 aliphatic rings. The molecule has 0 radical (unpaired) electrons. The summed E-state index contributed by atoms with van der Waals surface area (Å²) in [5.41, 5.74) is 1.62. The van der Waals surface area contributed by atoms with Crippen LogP contribution in [-0.4, -0.2) is 18.2 Å². The molecule has 0 aromatic carbocycles. The number of pyridine rings is 1. The van der Waals surface area contributed by atoms with Gasteiger partial charge in [-0.05, 0) is 6.07 Å². The molecule has 0 aliphatic heterocycles. The Morgan fingerprint density at radius 3 is 3.00 bits per heavy atom. The van der Waals surface area contributed by atoms with Gasteiger partial charge in [-0.3, -0.25) is 0 Å². The number of hydrogen-bond donors (Lipinski definition) is 2.